The summed E-state index contributed by atoms with van der Waals surface area (Å²) in [6.45, 7) is 1.90. The Balaban J connectivity index is 2.46. The number of aryl methyl sites for hydroxylation is 1. The van der Waals surface area contributed by atoms with Gasteiger partial charge in [0, 0.05) is 20.6 Å². The molecule has 0 aliphatic carbocycles. The van der Waals surface area contributed by atoms with E-state index >= 15 is 0 Å². The molecule has 0 aliphatic rings. The van der Waals surface area contributed by atoms with Crippen LogP contribution < -0.4 is 4.74 Å². The summed E-state index contributed by atoms with van der Waals surface area (Å²) in [6.07, 6.45) is 0. The molecule has 0 spiro atoms. The number of halogens is 2. The topological polar surface area (TPSA) is 26.3 Å². The molecular weight excluding hydrogens is 328 g/mol. The summed E-state index contributed by atoms with van der Waals surface area (Å²) in [5, 5.41) is 0.588. The highest BCUT2D eigenvalue weighted by Crippen LogP contribution is 2.26. The molecule has 2 rings (SSSR count). The van der Waals surface area contributed by atoms with Gasteiger partial charge in [-0.25, -0.2) is 0 Å². The first kappa shape index (κ1) is 14.1. The maximum atomic E-state index is 12.5. The van der Waals surface area contributed by atoms with Crippen LogP contribution in [0.1, 0.15) is 21.5 Å². The molecule has 0 saturated carbocycles. The number of rotatable bonds is 3. The smallest absolute Gasteiger partial charge is 0.194 e. The monoisotopic (exact) mass is 338 g/mol. The van der Waals surface area contributed by atoms with Crippen molar-refractivity contribution in [1.29, 1.82) is 0 Å². The third-order valence-electron chi connectivity index (χ3n) is 2.85. The fourth-order valence-corrected chi connectivity index (χ4v) is 2.30. The number of hydrogen-bond donors (Lipinski definition) is 0. The Labute approximate surface area is 125 Å². The van der Waals surface area contributed by atoms with Crippen molar-refractivity contribution in [3.63, 3.8) is 0 Å². The van der Waals surface area contributed by atoms with E-state index < -0.39 is 0 Å². The summed E-state index contributed by atoms with van der Waals surface area (Å²) in [5.74, 6) is 0.553. The Bertz CT molecular complexity index is 638. The highest BCUT2D eigenvalue weighted by molar-refractivity contribution is 9.10. The zero-order chi connectivity index (χ0) is 14.0. The molecule has 0 aliphatic heterocycles. The largest absolute Gasteiger partial charge is 0.497 e. The van der Waals surface area contributed by atoms with Gasteiger partial charge in [-0.15, -0.1) is 0 Å². The fourth-order valence-electron chi connectivity index (χ4n) is 1.69. The van der Waals surface area contributed by atoms with Crippen LogP contribution in [0.2, 0.25) is 5.02 Å². The van der Waals surface area contributed by atoms with E-state index in [0.717, 1.165) is 10.0 Å². The lowest BCUT2D eigenvalue weighted by Crippen LogP contribution is -2.03. The SMILES string of the molecule is COc1ccc(Br)c(C(=O)c2ccc(C)c(Cl)c2)c1. The third-order valence-corrected chi connectivity index (χ3v) is 3.95. The zero-order valence-electron chi connectivity index (χ0n) is 10.5. The van der Waals surface area contributed by atoms with E-state index in [9.17, 15) is 4.79 Å². The van der Waals surface area contributed by atoms with Gasteiger partial charge in [0.1, 0.15) is 5.75 Å². The molecule has 0 unspecified atom stereocenters. The minimum Gasteiger partial charge on any atom is -0.497 e. The molecular formula is C15H12BrClO2. The zero-order valence-corrected chi connectivity index (χ0v) is 12.9. The number of methoxy groups -OCH3 is 1. The van der Waals surface area contributed by atoms with Crippen LogP contribution in [-0.2, 0) is 0 Å². The van der Waals surface area contributed by atoms with Gasteiger partial charge in [0.25, 0.3) is 0 Å². The first-order chi connectivity index (χ1) is 9.02. The molecule has 0 radical (unpaired) electrons. The van der Waals surface area contributed by atoms with Gasteiger partial charge in [0.2, 0.25) is 0 Å². The summed E-state index contributed by atoms with van der Waals surface area (Å²) >= 11 is 9.44. The predicted molar refractivity (Wildman–Crippen MR) is 80.3 cm³/mol. The van der Waals surface area contributed by atoms with Crippen LogP contribution >= 0.6 is 27.5 Å². The normalized spacial score (nSPS) is 10.3. The van der Waals surface area contributed by atoms with Crippen LogP contribution in [0.4, 0.5) is 0 Å². The van der Waals surface area contributed by atoms with E-state index in [1.54, 1.807) is 37.4 Å². The van der Waals surface area contributed by atoms with Crippen molar-refractivity contribution in [2.24, 2.45) is 0 Å². The van der Waals surface area contributed by atoms with Gasteiger partial charge in [0.15, 0.2) is 5.78 Å². The second-order valence-corrected chi connectivity index (χ2v) is 5.40. The molecule has 19 heavy (non-hydrogen) atoms. The standard InChI is InChI=1S/C15H12BrClO2/c1-9-3-4-10(7-14(9)17)15(18)12-8-11(19-2)5-6-13(12)16/h3-8H,1-2H3. The third kappa shape index (κ3) is 2.99. The molecule has 0 fully saturated rings. The Morgan fingerprint density at radius 1 is 1.21 bits per heavy atom. The number of carbonyl (C=O) groups excluding carboxylic acids is 1. The van der Waals surface area contributed by atoms with Crippen molar-refractivity contribution < 1.29 is 9.53 Å². The van der Waals surface area contributed by atoms with Crippen molar-refractivity contribution in [1.82, 2.24) is 0 Å². The van der Waals surface area contributed by atoms with Gasteiger partial charge in [0.05, 0.1) is 7.11 Å². The van der Waals surface area contributed by atoms with E-state index in [2.05, 4.69) is 15.9 Å². The predicted octanol–water partition coefficient (Wildman–Crippen LogP) is 4.65. The van der Waals surface area contributed by atoms with Crippen molar-refractivity contribution in [3.05, 3.63) is 62.6 Å². The van der Waals surface area contributed by atoms with E-state index in [0.29, 0.717) is 21.9 Å². The lowest BCUT2D eigenvalue weighted by molar-refractivity contribution is 0.103. The molecule has 98 valence electrons. The molecule has 0 bridgehead atoms. The second-order valence-electron chi connectivity index (χ2n) is 4.14. The highest BCUT2D eigenvalue weighted by Gasteiger charge is 2.14. The summed E-state index contributed by atoms with van der Waals surface area (Å²) in [5.41, 5.74) is 2.06. The van der Waals surface area contributed by atoms with Crippen LogP contribution in [0.5, 0.6) is 5.75 Å². The molecule has 0 heterocycles. The quantitative estimate of drug-likeness (QED) is 0.761. The van der Waals surface area contributed by atoms with Gasteiger partial charge >= 0.3 is 0 Å². The van der Waals surface area contributed by atoms with Gasteiger partial charge in [-0.05, 0) is 36.8 Å². The Kier molecular flexibility index (Phi) is 4.27. The van der Waals surface area contributed by atoms with Crippen LogP contribution in [0.25, 0.3) is 0 Å². The summed E-state index contributed by atoms with van der Waals surface area (Å²) in [6, 6.07) is 10.6. The number of ether oxygens (including phenoxy) is 1. The molecule has 4 heteroatoms. The Morgan fingerprint density at radius 3 is 2.58 bits per heavy atom. The average molecular weight is 340 g/mol. The maximum absolute atomic E-state index is 12.5. The summed E-state index contributed by atoms with van der Waals surface area (Å²) in [4.78, 5) is 12.5. The van der Waals surface area contributed by atoms with E-state index in [1.165, 1.54) is 0 Å². The summed E-state index contributed by atoms with van der Waals surface area (Å²) in [7, 11) is 1.57. The fraction of sp³-hybridized carbons (Fsp3) is 0.133. The van der Waals surface area contributed by atoms with Crippen LogP contribution in [0.15, 0.2) is 40.9 Å². The van der Waals surface area contributed by atoms with Crippen LogP contribution in [0, 0.1) is 6.92 Å². The number of benzene rings is 2. The van der Waals surface area contributed by atoms with Crippen molar-refractivity contribution >= 4 is 33.3 Å². The minimum atomic E-state index is -0.0901. The number of ketones is 1. The van der Waals surface area contributed by atoms with Crippen molar-refractivity contribution in [2.45, 2.75) is 6.92 Å². The highest BCUT2D eigenvalue weighted by atomic mass is 79.9. The molecule has 0 saturated heterocycles. The minimum absolute atomic E-state index is 0.0901. The van der Waals surface area contributed by atoms with Gasteiger partial charge in [-0.3, -0.25) is 4.79 Å². The van der Waals surface area contributed by atoms with E-state index in [1.807, 2.05) is 13.0 Å². The lowest BCUT2D eigenvalue weighted by Gasteiger charge is -2.07. The average Bonchev–Trinajstić information content (AvgIpc) is 2.41. The first-order valence-corrected chi connectivity index (χ1v) is 6.84. The van der Waals surface area contributed by atoms with Crippen LogP contribution in [0.3, 0.4) is 0 Å². The molecule has 2 aromatic rings. The molecule has 0 N–H and O–H groups in total. The van der Waals surface area contributed by atoms with E-state index in [-0.39, 0.29) is 5.78 Å². The Morgan fingerprint density at radius 2 is 1.95 bits per heavy atom. The van der Waals surface area contributed by atoms with E-state index in [4.69, 9.17) is 16.3 Å². The summed E-state index contributed by atoms with van der Waals surface area (Å²) < 4.78 is 5.87. The first-order valence-electron chi connectivity index (χ1n) is 5.67. The van der Waals surface area contributed by atoms with Gasteiger partial charge < -0.3 is 4.74 Å². The molecule has 0 atom stereocenters. The second kappa shape index (κ2) is 5.76. The molecule has 0 amide bonds. The lowest BCUT2D eigenvalue weighted by atomic mass is 10.0. The molecule has 2 aromatic carbocycles. The number of carbonyl (C=O) groups is 1. The van der Waals surface area contributed by atoms with Crippen molar-refractivity contribution in [2.75, 3.05) is 7.11 Å². The van der Waals surface area contributed by atoms with Gasteiger partial charge in [-0.2, -0.15) is 0 Å². The Hall–Kier alpha value is -1.32. The van der Waals surface area contributed by atoms with Gasteiger partial charge in [-0.1, -0.05) is 39.7 Å². The molecule has 0 aromatic heterocycles. The maximum Gasteiger partial charge on any atom is 0.194 e. The number of hydrogen-bond acceptors (Lipinski definition) is 2. The molecule has 2 nitrogen and oxygen atoms in total. The van der Waals surface area contributed by atoms with Crippen molar-refractivity contribution in [3.8, 4) is 5.75 Å². The van der Waals surface area contributed by atoms with Crippen LogP contribution in [-0.4, -0.2) is 12.9 Å².